The molecule has 1 heterocycles. The Bertz CT molecular complexity index is 801. The summed E-state index contributed by atoms with van der Waals surface area (Å²) >= 11 is 10.8. The predicted octanol–water partition coefficient (Wildman–Crippen LogP) is 2.59. The van der Waals surface area contributed by atoms with Gasteiger partial charge >= 0.3 is 0 Å². The molecule has 0 unspecified atom stereocenters. The van der Waals surface area contributed by atoms with Crippen molar-refractivity contribution in [2.24, 2.45) is 0 Å². The number of rotatable bonds is 3. The lowest BCUT2D eigenvalue weighted by molar-refractivity contribution is -0.115. The fourth-order valence-corrected chi connectivity index (χ4v) is 2.09. The van der Waals surface area contributed by atoms with Crippen LogP contribution in [0.15, 0.2) is 46.9 Å². The maximum atomic E-state index is 11.9. The zero-order valence-electron chi connectivity index (χ0n) is 12.6. The molecule has 3 N–H and O–H groups in total. The number of halogens is 1. The van der Waals surface area contributed by atoms with E-state index in [0.717, 1.165) is 5.76 Å². The minimum atomic E-state index is -0.473. The highest BCUT2D eigenvalue weighted by Gasteiger charge is 2.09. The molecule has 0 aliphatic heterocycles. The number of hydrogen-bond acceptors (Lipinski definition) is 4. The van der Waals surface area contributed by atoms with Crippen LogP contribution in [0.1, 0.15) is 21.9 Å². The van der Waals surface area contributed by atoms with Crippen molar-refractivity contribution in [3.8, 4) is 0 Å². The molecule has 124 valence electrons. The molecule has 0 bridgehead atoms. The quantitative estimate of drug-likeness (QED) is 0.443. The van der Waals surface area contributed by atoms with E-state index in [9.17, 15) is 9.59 Å². The van der Waals surface area contributed by atoms with Crippen molar-refractivity contribution >= 4 is 46.8 Å². The molecular weight excluding hydrogens is 350 g/mol. The Labute approximate surface area is 148 Å². The van der Waals surface area contributed by atoms with Gasteiger partial charge in [0.2, 0.25) is 5.91 Å². The molecule has 0 aliphatic carbocycles. The summed E-state index contributed by atoms with van der Waals surface area (Å²) in [5.41, 5.74) is 5.06. The van der Waals surface area contributed by atoms with Crippen LogP contribution in [0.2, 0.25) is 5.02 Å². The molecule has 0 spiro atoms. The van der Waals surface area contributed by atoms with Crippen LogP contribution >= 0.6 is 23.8 Å². The molecule has 0 aliphatic rings. The zero-order chi connectivity index (χ0) is 17.5. The third-order valence-electron chi connectivity index (χ3n) is 2.80. The molecule has 0 saturated heterocycles. The Morgan fingerprint density at radius 3 is 2.58 bits per heavy atom. The fourth-order valence-electron chi connectivity index (χ4n) is 1.71. The van der Waals surface area contributed by atoms with E-state index in [-0.39, 0.29) is 10.7 Å². The molecule has 2 aromatic rings. The zero-order valence-corrected chi connectivity index (χ0v) is 14.2. The molecule has 24 heavy (non-hydrogen) atoms. The second kappa shape index (κ2) is 8.28. The van der Waals surface area contributed by atoms with Crippen LogP contribution in [0, 0.1) is 6.92 Å². The number of benzene rings is 1. The van der Waals surface area contributed by atoms with E-state index < -0.39 is 11.8 Å². The predicted molar refractivity (Wildman–Crippen MR) is 95.3 cm³/mol. The Kier molecular flexibility index (Phi) is 6.11. The van der Waals surface area contributed by atoms with Gasteiger partial charge in [-0.25, -0.2) is 0 Å². The molecular formula is C16H14ClN3O3S. The number of nitrogens with one attached hydrogen (secondary N) is 3. The first-order valence-electron chi connectivity index (χ1n) is 6.86. The van der Waals surface area contributed by atoms with Crippen LogP contribution in [0.5, 0.6) is 0 Å². The molecule has 8 heteroatoms. The highest BCUT2D eigenvalue weighted by atomic mass is 35.5. The van der Waals surface area contributed by atoms with Gasteiger partial charge in [-0.2, -0.15) is 0 Å². The molecule has 2 rings (SSSR count). The Morgan fingerprint density at radius 1 is 1.17 bits per heavy atom. The number of aryl methyl sites for hydroxylation is 1. The third kappa shape index (κ3) is 5.22. The average molecular weight is 364 g/mol. The van der Waals surface area contributed by atoms with Crippen LogP contribution < -0.4 is 16.2 Å². The van der Waals surface area contributed by atoms with Gasteiger partial charge in [0.1, 0.15) is 11.5 Å². The van der Waals surface area contributed by atoms with Gasteiger partial charge in [-0.1, -0.05) is 23.7 Å². The maximum Gasteiger partial charge on any atom is 0.271 e. The molecule has 2 amide bonds. The van der Waals surface area contributed by atoms with Crippen molar-refractivity contribution < 1.29 is 14.0 Å². The van der Waals surface area contributed by atoms with Crippen LogP contribution in [-0.4, -0.2) is 16.9 Å². The largest absolute Gasteiger partial charge is 0.462 e. The minimum Gasteiger partial charge on any atom is -0.462 e. The molecule has 0 radical (unpaired) electrons. The normalized spacial score (nSPS) is 10.4. The molecule has 0 atom stereocenters. The fraction of sp³-hybridized carbons (Fsp3) is 0.0625. The van der Waals surface area contributed by atoms with Gasteiger partial charge in [-0.15, -0.1) is 0 Å². The van der Waals surface area contributed by atoms with Crippen LogP contribution in [0.3, 0.4) is 0 Å². The first-order valence-corrected chi connectivity index (χ1v) is 7.64. The van der Waals surface area contributed by atoms with Gasteiger partial charge in [0.15, 0.2) is 5.11 Å². The third-order valence-corrected chi connectivity index (χ3v) is 3.34. The number of furan rings is 1. The van der Waals surface area contributed by atoms with E-state index in [2.05, 4.69) is 16.2 Å². The number of amides is 2. The van der Waals surface area contributed by atoms with Gasteiger partial charge in [0, 0.05) is 6.08 Å². The number of carbonyl (C=O) groups is 2. The summed E-state index contributed by atoms with van der Waals surface area (Å²) in [5, 5.41) is 2.64. The lowest BCUT2D eigenvalue weighted by Gasteiger charge is -2.10. The molecule has 0 saturated carbocycles. The van der Waals surface area contributed by atoms with Crippen LogP contribution in [0.25, 0.3) is 6.08 Å². The van der Waals surface area contributed by atoms with Crippen molar-refractivity contribution in [1.29, 1.82) is 0 Å². The number of hydrazine groups is 1. The first-order chi connectivity index (χ1) is 11.5. The summed E-state index contributed by atoms with van der Waals surface area (Å²) in [7, 11) is 0. The number of hydrogen-bond donors (Lipinski definition) is 3. The van der Waals surface area contributed by atoms with E-state index in [1.807, 2.05) is 0 Å². The lowest BCUT2D eigenvalue weighted by Crippen LogP contribution is -2.48. The van der Waals surface area contributed by atoms with Crippen LogP contribution in [-0.2, 0) is 4.79 Å². The van der Waals surface area contributed by atoms with Crippen molar-refractivity contribution in [3.63, 3.8) is 0 Å². The monoisotopic (exact) mass is 363 g/mol. The lowest BCUT2D eigenvalue weighted by atomic mass is 10.2. The van der Waals surface area contributed by atoms with E-state index in [4.69, 9.17) is 28.2 Å². The maximum absolute atomic E-state index is 11.9. The van der Waals surface area contributed by atoms with Gasteiger partial charge in [-0.05, 0) is 49.5 Å². The summed E-state index contributed by atoms with van der Waals surface area (Å²) in [4.78, 5) is 23.6. The Balaban J connectivity index is 1.80. The molecule has 1 aromatic carbocycles. The van der Waals surface area contributed by atoms with E-state index in [0.29, 0.717) is 10.8 Å². The summed E-state index contributed by atoms with van der Waals surface area (Å²) < 4.78 is 5.29. The number of thiocarbonyl (C=S) groups is 1. The Hall–Kier alpha value is -2.64. The summed E-state index contributed by atoms with van der Waals surface area (Å²) in [6.45, 7) is 1.80. The second-order valence-corrected chi connectivity index (χ2v) is 5.47. The summed E-state index contributed by atoms with van der Waals surface area (Å²) in [5.74, 6) is 0.357. The highest BCUT2D eigenvalue weighted by Crippen LogP contribution is 2.14. The van der Waals surface area contributed by atoms with Gasteiger partial charge in [0.05, 0.1) is 10.6 Å². The topological polar surface area (TPSA) is 83.4 Å². The van der Waals surface area contributed by atoms with E-state index in [1.165, 1.54) is 12.2 Å². The van der Waals surface area contributed by atoms with Crippen LogP contribution in [0.4, 0.5) is 0 Å². The molecule has 6 nitrogen and oxygen atoms in total. The highest BCUT2D eigenvalue weighted by molar-refractivity contribution is 7.80. The molecule has 1 aromatic heterocycles. The smallest absolute Gasteiger partial charge is 0.271 e. The van der Waals surface area contributed by atoms with Gasteiger partial charge in [0.25, 0.3) is 5.91 Å². The SMILES string of the molecule is Cc1ccc(/C=C/C(=O)NC(=S)NNC(=O)c2ccccc2Cl)o1. The molecule has 0 fully saturated rings. The van der Waals surface area contributed by atoms with Gasteiger partial charge < -0.3 is 4.42 Å². The van der Waals surface area contributed by atoms with Crippen molar-refractivity contribution in [2.45, 2.75) is 6.92 Å². The van der Waals surface area contributed by atoms with Gasteiger partial charge in [-0.3, -0.25) is 25.8 Å². The van der Waals surface area contributed by atoms with E-state index in [1.54, 1.807) is 43.3 Å². The van der Waals surface area contributed by atoms with Crippen molar-refractivity contribution in [1.82, 2.24) is 16.2 Å². The van der Waals surface area contributed by atoms with Crippen molar-refractivity contribution in [2.75, 3.05) is 0 Å². The first kappa shape index (κ1) is 17.7. The van der Waals surface area contributed by atoms with Crippen molar-refractivity contribution in [3.05, 3.63) is 64.6 Å². The van der Waals surface area contributed by atoms with E-state index >= 15 is 0 Å². The average Bonchev–Trinajstić information content (AvgIpc) is 2.96. The standard InChI is InChI=1S/C16H14ClN3O3S/c1-10-6-7-11(23-10)8-9-14(21)18-16(24)20-19-15(22)12-4-2-3-5-13(12)17/h2-9H,1H3,(H,19,22)(H2,18,20,21,24)/b9-8+. The second-order valence-electron chi connectivity index (χ2n) is 4.66. The Morgan fingerprint density at radius 2 is 1.92 bits per heavy atom. The number of carbonyl (C=O) groups excluding carboxylic acids is 2. The minimum absolute atomic E-state index is 0.0549. The summed E-state index contributed by atoms with van der Waals surface area (Å²) in [6, 6.07) is 10.1. The summed E-state index contributed by atoms with van der Waals surface area (Å²) in [6.07, 6.45) is 2.77.